The number of ether oxygens (including phenoxy) is 2. The first-order chi connectivity index (χ1) is 15.4. The van der Waals surface area contributed by atoms with Crippen molar-refractivity contribution < 1.29 is 27.4 Å². The van der Waals surface area contributed by atoms with E-state index in [9.17, 15) is 18.0 Å². The monoisotopic (exact) mass is 482 g/mol. The number of nitrogens with zero attached hydrogens (tertiary/aromatic N) is 5. The summed E-state index contributed by atoms with van der Waals surface area (Å²) < 4.78 is 54.5. The van der Waals surface area contributed by atoms with Gasteiger partial charge in [-0.15, -0.1) is 0 Å². The second-order valence-corrected chi connectivity index (χ2v) is 8.51. The average molecular weight is 482 g/mol. The predicted octanol–water partition coefficient (Wildman–Crippen LogP) is 5.14. The van der Waals surface area contributed by atoms with Crippen molar-refractivity contribution in [3.8, 4) is 17.3 Å². The number of carbonyl (C=O) groups is 1. The number of aromatic nitrogens is 4. The van der Waals surface area contributed by atoms with Gasteiger partial charge in [0.1, 0.15) is 17.0 Å². The molecule has 9 nitrogen and oxygen atoms in total. The van der Waals surface area contributed by atoms with E-state index in [1.165, 1.54) is 20.4 Å². The second-order valence-electron chi connectivity index (χ2n) is 7.76. The van der Waals surface area contributed by atoms with Crippen LogP contribution in [0.25, 0.3) is 11.5 Å². The molecule has 33 heavy (non-hydrogen) atoms. The smallest absolute Gasteiger partial charge is 0.417 e. The zero-order valence-electron chi connectivity index (χ0n) is 18.4. The molecule has 13 heteroatoms. The number of halogens is 3. The minimum atomic E-state index is -4.65. The Hall–Kier alpha value is -3.48. The minimum absolute atomic E-state index is 0.0299. The first kappa shape index (κ1) is 24.2. The minimum Gasteiger partial charge on any atom is -0.497 e. The van der Waals surface area contributed by atoms with E-state index in [1.54, 1.807) is 32.9 Å². The van der Waals surface area contributed by atoms with Crippen LogP contribution >= 0.6 is 11.5 Å². The summed E-state index contributed by atoms with van der Waals surface area (Å²) in [5.74, 6) is 0.822. The Balaban J connectivity index is 1.94. The van der Waals surface area contributed by atoms with Gasteiger partial charge in [0.15, 0.2) is 11.6 Å². The normalized spacial score (nSPS) is 11.8. The summed E-state index contributed by atoms with van der Waals surface area (Å²) in [4.78, 5) is 25.8. The van der Waals surface area contributed by atoms with Crippen molar-refractivity contribution in [1.29, 1.82) is 0 Å². The fourth-order valence-corrected chi connectivity index (χ4v) is 3.11. The molecule has 0 aliphatic carbocycles. The van der Waals surface area contributed by atoms with Gasteiger partial charge in [0.2, 0.25) is 5.13 Å². The summed E-state index contributed by atoms with van der Waals surface area (Å²) in [5.41, 5.74) is -1.55. The molecule has 0 bridgehead atoms. The topological polar surface area (TPSA) is 102 Å². The van der Waals surface area contributed by atoms with Gasteiger partial charge in [0.05, 0.1) is 18.4 Å². The van der Waals surface area contributed by atoms with E-state index >= 15 is 0 Å². The standard InChI is InChI=1S/C20H21F3N6O3S/c1-19(2,3)32-18(30)29(4)14-8-11(20(21,22)23)10-25-16(14)27-17-26-15(28-33-17)13-9-12(31-5)6-7-24-13/h6-10H,1-5H3,(H,25,26,27,28). The number of hydrogen-bond acceptors (Lipinski definition) is 9. The number of carbonyl (C=O) groups excluding carboxylic acids is 1. The van der Waals surface area contributed by atoms with Crippen LogP contribution in [0.2, 0.25) is 0 Å². The maximum atomic E-state index is 13.3. The summed E-state index contributed by atoms with van der Waals surface area (Å²) in [6.45, 7) is 4.95. The van der Waals surface area contributed by atoms with Crippen LogP contribution in [0.3, 0.4) is 0 Å². The molecular formula is C20H21F3N6O3S. The van der Waals surface area contributed by atoms with E-state index in [-0.39, 0.29) is 22.5 Å². The molecule has 0 aliphatic rings. The van der Waals surface area contributed by atoms with Gasteiger partial charge < -0.3 is 14.8 Å². The number of pyridine rings is 2. The van der Waals surface area contributed by atoms with Crippen molar-refractivity contribution >= 4 is 34.3 Å². The Morgan fingerprint density at radius 1 is 1.18 bits per heavy atom. The maximum absolute atomic E-state index is 13.3. The number of rotatable bonds is 5. The van der Waals surface area contributed by atoms with E-state index in [0.717, 1.165) is 22.5 Å². The van der Waals surface area contributed by atoms with Gasteiger partial charge in [-0.3, -0.25) is 9.88 Å². The van der Waals surface area contributed by atoms with Gasteiger partial charge in [-0.05, 0) is 32.9 Å². The molecule has 1 amide bonds. The van der Waals surface area contributed by atoms with Crippen LogP contribution in [-0.4, -0.2) is 45.2 Å². The number of nitrogens with one attached hydrogen (secondary N) is 1. The van der Waals surface area contributed by atoms with Gasteiger partial charge in [0.25, 0.3) is 0 Å². The second kappa shape index (κ2) is 9.17. The number of alkyl halides is 3. The van der Waals surface area contributed by atoms with Crippen molar-refractivity contribution in [2.45, 2.75) is 32.5 Å². The molecular weight excluding hydrogens is 461 g/mol. The number of anilines is 3. The largest absolute Gasteiger partial charge is 0.497 e. The van der Waals surface area contributed by atoms with Gasteiger partial charge >= 0.3 is 12.3 Å². The lowest BCUT2D eigenvalue weighted by molar-refractivity contribution is -0.137. The lowest BCUT2D eigenvalue weighted by atomic mass is 10.2. The van der Waals surface area contributed by atoms with Crippen LogP contribution in [0.4, 0.5) is 34.6 Å². The van der Waals surface area contributed by atoms with Gasteiger partial charge in [0, 0.05) is 37.0 Å². The van der Waals surface area contributed by atoms with E-state index in [1.807, 2.05) is 0 Å². The first-order valence-electron chi connectivity index (χ1n) is 9.52. The van der Waals surface area contributed by atoms with Gasteiger partial charge in [-0.25, -0.2) is 9.78 Å². The molecule has 0 fully saturated rings. The summed E-state index contributed by atoms with van der Waals surface area (Å²) in [5, 5.41) is 3.06. The fraction of sp³-hybridized carbons (Fsp3) is 0.350. The Kier molecular flexibility index (Phi) is 6.72. The molecule has 0 aromatic carbocycles. The van der Waals surface area contributed by atoms with Crippen molar-refractivity contribution in [2.75, 3.05) is 24.4 Å². The third-order valence-electron chi connectivity index (χ3n) is 4.07. The number of hydrogen-bond donors (Lipinski definition) is 1. The third-order valence-corrected chi connectivity index (χ3v) is 4.70. The molecule has 3 heterocycles. The molecule has 0 saturated carbocycles. The van der Waals surface area contributed by atoms with Crippen molar-refractivity contribution in [1.82, 2.24) is 19.3 Å². The Labute approximate surface area is 191 Å². The number of methoxy groups -OCH3 is 1. The summed E-state index contributed by atoms with van der Waals surface area (Å²) >= 11 is 0.951. The third kappa shape index (κ3) is 6.06. The molecule has 0 saturated heterocycles. The van der Waals surface area contributed by atoms with E-state index in [2.05, 4.69) is 24.6 Å². The Bertz CT molecular complexity index is 1150. The molecule has 0 atom stereocenters. The highest BCUT2D eigenvalue weighted by molar-refractivity contribution is 7.09. The molecule has 0 unspecified atom stereocenters. The van der Waals surface area contributed by atoms with Crippen molar-refractivity contribution in [3.05, 3.63) is 36.2 Å². The van der Waals surface area contributed by atoms with Crippen molar-refractivity contribution in [3.63, 3.8) is 0 Å². The average Bonchev–Trinajstić information content (AvgIpc) is 3.20. The van der Waals surface area contributed by atoms with E-state index in [0.29, 0.717) is 17.6 Å². The van der Waals surface area contributed by atoms with Crippen LogP contribution < -0.4 is 15.0 Å². The lowest BCUT2D eigenvalue weighted by Crippen LogP contribution is -2.34. The van der Waals surface area contributed by atoms with Crippen LogP contribution in [0.15, 0.2) is 30.6 Å². The highest BCUT2D eigenvalue weighted by atomic mass is 32.1. The molecule has 0 aliphatic heterocycles. The zero-order valence-corrected chi connectivity index (χ0v) is 19.2. The van der Waals surface area contributed by atoms with Crippen LogP contribution in [0.5, 0.6) is 5.75 Å². The Morgan fingerprint density at radius 2 is 1.91 bits per heavy atom. The summed E-state index contributed by atoms with van der Waals surface area (Å²) in [6, 6.07) is 4.12. The first-order valence-corrected chi connectivity index (χ1v) is 10.3. The lowest BCUT2D eigenvalue weighted by Gasteiger charge is -2.26. The Morgan fingerprint density at radius 3 is 2.55 bits per heavy atom. The highest BCUT2D eigenvalue weighted by Crippen LogP contribution is 2.36. The molecule has 3 aromatic heterocycles. The number of amides is 1. The van der Waals surface area contributed by atoms with Gasteiger partial charge in [-0.1, -0.05) is 0 Å². The van der Waals surface area contributed by atoms with E-state index in [4.69, 9.17) is 9.47 Å². The predicted molar refractivity (Wildman–Crippen MR) is 117 cm³/mol. The quantitative estimate of drug-likeness (QED) is 0.534. The molecule has 0 spiro atoms. The van der Waals surface area contributed by atoms with Gasteiger partial charge in [-0.2, -0.15) is 22.5 Å². The highest BCUT2D eigenvalue weighted by Gasteiger charge is 2.33. The van der Waals surface area contributed by atoms with Crippen LogP contribution in [0.1, 0.15) is 26.3 Å². The molecule has 0 radical (unpaired) electrons. The zero-order chi connectivity index (χ0) is 24.4. The summed E-state index contributed by atoms with van der Waals surface area (Å²) in [6.07, 6.45) is -3.29. The fourth-order valence-electron chi connectivity index (χ4n) is 2.53. The van der Waals surface area contributed by atoms with Crippen LogP contribution in [-0.2, 0) is 10.9 Å². The van der Waals surface area contributed by atoms with Crippen LogP contribution in [0, 0.1) is 0 Å². The summed E-state index contributed by atoms with van der Waals surface area (Å²) in [7, 11) is 2.81. The maximum Gasteiger partial charge on any atom is 0.417 e. The molecule has 176 valence electrons. The molecule has 1 N–H and O–H groups in total. The molecule has 3 aromatic rings. The van der Waals surface area contributed by atoms with E-state index < -0.39 is 23.4 Å². The molecule has 3 rings (SSSR count). The SMILES string of the molecule is COc1ccnc(-c2nsc(Nc3ncc(C(F)(F)F)cc3N(C)C(=O)OC(C)(C)C)n2)c1. The van der Waals surface area contributed by atoms with Crippen molar-refractivity contribution in [2.24, 2.45) is 0 Å².